The number of thioether (sulfide) groups is 1. The van der Waals surface area contributed by atoms with Crippen molar-refractivity contribution in [3.63, 3.8) is 0 Å². The number of nitro groups is 1. The fourth-order valence-corrected chi connectivity index (χ4v) is 4.95. The van der Waals surface area contributed by atoms with E-state index in [0.29, 0.717) is 18.7 Å². The summed E-state index contributed by atoms with van der Waals surface area (Å²) in [6, 6.07) is 2.45. The molecule has 2 rings (SSSR count). The second-order valence-electron chi connectivity index (χ2n) is 4.55. The molecule has 10 heteroatoms. The first kappa shape index (κ1) is 16.0. The maximum Gasteiger partial charge on any atom is 0.295 e. The van der Waals surface area contributed by atoms with E-state index in [9.17, 15) is 18.5 Å². The number of aryl methyl sites for hydroxylation is 1. The first-order valence-corrected chi connectivity index (χ1v) is 8.81. The molecule has 0 bridgehead atoms. The summed E-state index contributed by atoms with van der Waals surface area (Å²) in [6.07, 6.45) is 0. The van der Waals surface area contributed by atoms with E-state index in [1.54, 1.807) is 18.7 Å². The number of benzene rings is 1. The number of sulfonamides is 1. The highest BCUT2D eigenvalue weighted by molar-refractivity contribution is 7.99. The van der Waals surface area contributed by atoms with Gasteiger partial charge in [0.05, 0.1) is 9.82 Å². The van der Waals surface area contributed by atoms with Gasteiger partial charge in [-0.1, -0.05) is 0 Å². The van der Waals surface area contributed by atoms with Crippen molar-refractivity contribution in [2.75, 3.05) is 30.0 Å². The molecule has 0 amide bonds. The Bertz CT molecular complexity index is 656. The number of nitrogens with zero attached hydrogens (tertiary/aromatic N) is 2. The van der Waals surface area contributed by atoms with Crippen molar-refractivity contribution in [2.45, 2.75) is 11.8 Å². The van der Waals surface area contributed by atoms with Crippen LogP contribution in [0, 0.1) is 17.0 Å². The van der Waals surface area contributed by atoms with Crippen LogP contribution in [0.3, 0.4) is 0 Å². The molecule has 1 aliphatic heterocycles. The van der Waals surface area contributed by atoms with E-state index in [1.165, 1.54) is 10.4 Å². The second kappa shape index (κ2) is 6.18. The third-order valence-corrected chi connectivity index (χ3v) is 6.22. The quantitative estimate of drug-likeness (QED) is 0.478. The minimum atomic E-state index is -3.73. The molecule has 0 unspecified atom stereocenters. The van der Waals surface area contributed by atoms with Crippen molar-refractivity contribution in [3.05, 3.63) is 27.8 Å². The largest absolute Gasteiger partial charge is 0.318 e. The Kier molecular flexibility index (Phi) is 4.71. The van der Waals surface area contributed by atoms with Gasteiger partial charge in [0.25, 0.3) is 5.69 Å². The number of nitro benzene ring substituents is 1. The zero-order valence-corrected chi connectivity index (χ0v) is 13.0. The fourth-order valence-electron chi connectivity index (χ4n) is 2.15. The predicted octanol–water partition coefficient (Wildman–Crippen LogP) is 0.926. The van der Waals surface area contributed by atoms with Gasteiger partial charge in [0.15, 0.2) is 0 Å². The average molecular weight is 332 g/mol. The molecule has 0 atom stereocenters. The van der Waals surface area contributed by atoms with Crippen LogP contribution in [0.5, 0.6) is 0 Å². The van der Waals surface area contributed by atoms with E-state index >= 15 is 0 Å². The molecule has 1 aliphatic rings. The van der Waals surface area contributed by atoms with Gasteiger partial charge in [0.2, 0.25) is 10.0 Å². The third kappa shape index (κ3) is 3.12. The van der Waals surface area contributed by atoms with E-state index in [0.717, 1.165) is 17.6 Å². The summed E-state index contributed by atoms with van der Waals surface area (Å²) < 4.78 is 26.6. The number of rotatable bonds is 4. The zero-order valence-electron chi connectivity index (χ0n) is 11.4. The summed E-state index contributed by atoms with van der Waals surface area (Å²) in [7, 11) is -3.73. The summed E-state index contributed by atoms with van der Waals surface area (Å²) in [4.78, 5) is 10.4. The van der Waals surface area contributed by atoms with Gasteiger partial charge < -0.3 is 5.43 Å². The topological polar surface area (TPSA) is 119 Å². The maximum absolute atomic E-state index is 12.6. The van der Waals surface area contributed by atoms with Gasteiger partial charge in [-0.3, -0.25) is 16.0 Å². The number of hydrogen-bond acceptors (Lipinski definition) is 7. The molecule has 8 nitrogen and oxygen atoms in total. The third-order valence-electron chi connectivity index (χ3n) is 3.23. The van der Waals surface area contributed by atoms with Crippen LogP contribution < -0.4 is 11.3 Å². The van der Waals surface area contributed by atoms with Crippen molar-refractivity contribution in [1.82, 2.24) is 4.31 Å². The van der Waals surface area contributed by atoms with Crippen molar-refractivity contribution in [1.29, 1.82) is 0 Å². The number of nitrogens with two attached hydrogens (primary N) is 1. The van der Waals surface area contributed by atoms with Crippen molar-refractivity contribution in [3.8, 4) is 0 Å². The molecule has 116 valence electrons. The van der Waals surface area contributed by atoms with E-state index in [2.05, 4.69) is 5.43 Å². The lowest BCUT2D eigenvalue weighted by atomic mass is 10.2. The molecule has 1 saturated heterocycles. The predicted molar refractivity (Wildman–Crippen MR) is 81.7 cm³/mol. The normalized spacial score (nSPS) is 16.7. The first-order chi connectivity index (χ1) is 9.87. The Hall–Kier alpha value is -1.36. The molecular weight excluding hydrogens is 316 g/mol. The van der Waals surface area contributed by atoms with Gasteiger partial charge >= 0.3 is 0 Å². The minimum absolute atomic E-state index is 0.0416. The summed E-state index contributed by atoms with van der Waals surface area (Å²) in [5, 5.41) is 11.0. The fraction of sp³-hybridized carbons (Fsp3) is 0.455. The van der Waals surface area contributed by atoms with Gasteiger partial charge in [-0.25, -0.2) is 8.42 Å². The number of nitrogen functional groups attached to an aromatic ring is 1. The first-order valence-electron chi connectivity index (χ1n) is 6.21. The molecule has 0 saturated carbocycles. The van der Waals surface area contributed by atoms with Crippen LogP contribution in [0.2, 0.25) is 0 Å². The molecule has 1 aromatic rings. The van der Waals surface area contributed by atoms with Crippen molar-refractivity contribution in [2.24, 2.45) is 5.84 Å². The molecule has 1 heterocycles. The highest BCUT2D eigenvalue weighted by atomic mass is 32.2. The number of anilines is 1. The molecule has 1 aromatic carbocycles. The van der Waals surface area contributed by atoms with Gasteiger partial charge in [-0.15, -0.1) is 0 Å². The molecule has 0 aromatic heterocycles. The number of nitrogens with one attached hydrogen (secondary N) is 1. The Balaban J connectivity index is 2.52. The van der Waals surface area contributed by atoms with Crippen LogP contribution in [0.4, 0.5) is 11.4 Å². The van der Waals surface area contributed by atoms with Crippen molar-refractivity contribution < 1.29 is 13.3 Å². The summed E-state index contributed by atoms with van der Waals surface area (Å²) >= 11 is 1.69. The Morgan fingerprint density at radius 1 is 1.38 bits per heavy atom. The zero-order chi connectivity index (χ0) is 15.6. The molecule has 3 N–H and O–H groups in total. The maximum atomic E-state index is 12.6. The SMILES string of the molecule is Cc1cc(NN)c([N+](=O)[O-])cc1S(=O)(=O)N1CCSCC1. The molecule has 21 heavy (non-hydrogen) atoms. The van der Waals surface area contributed by atoms with Crippen LogP contribution >= 0.6 is 11.8 Å². The monoisotopic (exact) mass is 332 g/mol. The highest BCUT2D eigenvalue weighted by Gasteiger charge is 2.30. The van der Waals surface area contributed by atoms with Crippen LogP contribution in [-0.2, 0) is 10.0 Å². The van der Waals surface area contributed by atoms with Crippen LogP contribution in [0.25, 0.3) is 0 Å². The Morgan fingerprint density at radius 2 is 2.00 bits per heavy atom. The molecular formula is C11H16N4O4S2. The summed E-state index contributed by atoms with van der Waals surface area (Å²) in [5.74, 6) is 6.69. The summed E-state index contributed by atoms with van der Waals surface area (Å²) in [5.41, 5.74) is 2.38. The van der Waals surface area contributed by atoms with E-state index in [1.807, 2.05) is 0 Å². The lowest BCUT2D eigenvalue weighted by Gasteiger charge is -2.26. The second-order valence-corrected chi connectivity index (χ2v) is 7.68. The molecule has 0 radical (unpaired) electrons. The lowest BCUT2D eigenvalue weighted by molar-refractivity contribution is -0.384. The van der Waals surface area contributed by atoms with E-state index in [4.69, 9.17) is 5.84 Å². The van der Waals surface area contributed by atoms with Gasteiger partial charge in [0.1, 0.15) is 5.69 Å². The Morgan fingerprint density at radius 3 is 2.52 bits per heavy atom. The number of hydrazine groups is 1. The molecule has 1 fully saturated rings. The highest BCUT2D eigenvalue weighted by Crippen LogP contribution is 2.32. The van der Waals surface area contributed by atoms with Crippen molar-refractivity contribution >= 4 is 33.2 Å². The van der Waals surface area contributed by atoms with E-state index in [-0.39, 0.29) is 16.3 Å². The average Bonchev–Trinajstić information content (AvgIpc) is 2.47. The van der Waals surface area contributed by atoms with Crippen LogP contribution in [-0.4, -0.2) is 42.2 Å². The molecule has 0 spiro atoms. The summed E-state index contributed by atoms with van der Waals surface area (Å²) in [6.45, 7) is 2.42. The van der Waals surface area contributed by atoms with Crippen LogP contribution in [0.1, 0.15) is 5.56 Å². The minimum Gasteiger partial charge on any atom is -0.318 e. The van der Waals surface area contributed by atoms with Gasteiger partial charge in [-0.2, -0.15) is 16.1 Å². The smallest absolute Gasteiger partial charge is 0.295 e. The van der Waals surface area contributed by atoms with E-state index < -0.39 is 14.9 Å². The van der Waals surface area contributed by atoms with Gasteiger partial charge in [0, 0.05) is 30.7 Å². The molecule has 0 aliphatic carbocycles. The standard InChI is InChI=1S/C11H16N4O4S2/c1-8-6-9(13-12)10(15(16)17)7-11(8)21(18,19)14-2-4-20-5-3-14/h6-7,13H,2-5,12H2,1H3. The van der Waals surface area contributed by atoms with Gasteiger partial charge in [-0.05, 0) is 18.6 Å². The number of hydrogen-bond donors (Lipinski definition) is 2. The Labute approximate surface area is 126 Å². The lowest BCUT2D eigenvalue weighted by Crippen LogP contribution is -2.38. The van der Waals surface area contributed by atoms with Crippen LogP contribution in [0.15, 0.2) is 17.0 Å².